The molecular weight excluding hydrogens is 379 g/mol. The molecule has 0 spiro atoms. The van der Waals surface area contributed by atoms with Gasteiger partial charge in [-0.25, -0.2) is 0 Å². The highest BCUT2D eigenvalue weighted by molar-refractivity contribution is 14.1. The molecule has 0 unspecified atom stereocenters. The summed E-state index contributed by atoms with van der Waals surface area (Å²) in [6, 6.07) is 3.68. The van der Waals surface area contributed by atoms with Gasteiger partial charge in [-0.3, -0.25) is 4.79 Å². The Labute approximate surface area is 131 Å². The molecule has 1 aliphatic rings. The number of carbonyl (C=O) groups excluding carboxylic acids is 1. The fourth-order valence-corrected chi connectivity index (χ4v) is 2.40. The van der Waals surface area contributed by atoms with Crippen molar-refractivity contribution in [2.45, 2.75) is 26.2 Å². The van der Waals surface area contributed by atoms with E-state index in [9.17, 15) is 4.79 Å². The maximum atomic E-state index is 11.5. The summed E-state index contributed by atoms with van der Waals surface area (Å²) in [4.78, 5) is 11.5. The van der Waals surface area contributed by atoms with Gasteiger partial charge in [0.15, 0.2) is 0 Å². The third-order valence-corrected chi connectivity index (χ3v) is 4.61. The molecule has 0 aliphatic heterocycles. The SMILES string of the molecule is CCOC(=O)Cc1cc(Cl)c(I)c(OCC2CC2)c1. The van der Waals surface area contributed by atoms with Gasteiger partial charge in [-0.2, -0.15) is 0 Å². The average Bonchev–Trinajstić information content (AvgIpc) is 3.16. The fraction of sp³-hybridized carbons (Fsp3) is 0.500. The van der Waals surface area contributed by atoms with Crippen LogP contribution in [0.25, 0.3) is 0 Å². The van der Waals surface area contributed by atoms with Crippen molar-refractivity contribution in [2.75, 3.05) is 13.2 Å². The first-order valence-electron chi connectivity index (χ1n) is 6.36. The summed E-state index contributed by atoms with van der Waals surface area (Å²) in [6.07, 6.45) is 2.71. The lowest BCUT2D eigenvalue weighted by molar-refractivity contribution is -0.142. The molecule has 1 aromatic rings. The van der Waals surface area contributed by atoms with Crippen LogP contribution < -0.4 is 4.74 Å². The van der Waals surface area contributed by atoms with Gasteiger partial charge in [0.25, 0.3) is 0 Å². The van der Waals surface area contributed by atoms with E-state index < -0.39 is 0 Å². The molecule has 1 aliphatic carbocycles. The van der Waals surface area contributed by atoms with Gasteiger partial charge in [0.05, 0.1) is 28.2 Å². The van der Waals surface area contributed by atoms with Gasteiger partial charge < -0.3 is 9.47 Å². The Balaban J connectivity index is 2.07. The summed E-state index contributed by atoms with van der Waals surface area (Å²) >= 11 is 8.34. The van der Waals surface area contributed by atoms with E-state index in [0.717, 1.165) is 21.5 Å². The van der Waals surface area contributed by atoms with E-state index in [1.807, 2.05) is 6.07 Å². The molecule has 0 radical (unpaired) electrons. The Morgan fingerprint density at radius 3 is 2.84 bits per heavy atom. The van der Waals surface area contributed by atoms with Crippen LogP contribution in [-0.2, 0) is 16.0 Å². The van der Waals surface area contributed by atoms with E-state index in [0.29, 0.717) is 17.5 Å². The Bertz CT molecular complexity index is 472. The number of rotatable bonds is 6. The second kappa shape index (κ2) is 6.79. The third-order valence-electron chi connectivity index (χ3n) is 2.88. The van der Waals surface area contributed by atoms with Gasteiger partial charge in [0.2, 0.25) is 0 Å². The van der Waals surface area contributed by atoms with Gasteiger partial charge in [-0.05, 0) is 66.0 Å². The van der Waals surface area contributed by atoms with Crippen molar-refractivity contribution in [3.05, 3.63) is 26.3 Å². The monoisotopic (exact) mass is 394 g/mol. The van der Waals surface area contributed by atoms with E-state index in [1.54, 1.807) is 13.0 Å². The third kappa shape index (κ3) is 4.53. The van der Waals surface area contributed by atoms with Gasteiger partial charge in [-0.1, -0.05) is 11.6 Å². The first-order chi connectivity index (χ1) is 9.10. The molecule has 0 saturated heterocycles. The van der Waals surface area contributed by atoms with Gasteiger partial charge in [-0.15, -0.1) is 0 Å². The minimum atomic E-state index is -0.243. The van der Waals surface area contributed by atoms with Crippen LogP contribution in [0.2, 0.25) is 5.02 Å². The van der Waals surface area contributed by atoms with Crippen LogP contribution in [0.3, 0.4) is 0 Å². The van der Waals surface area contributed by atoms with Crippen molar-refractivity contribution in [1.82, 2.24) is 0 Å². The molecule has 0 amide bonds. The Morgan fingerprint density at radius 1 is 1.47 bits per heavy atom. The van der Waals surface area contributed by atoms with Crippen LogP contribution in [0.4, 0.5) is 0 Å². The van der Waals surface area contributed by atoms with Crippen LogP contribution in [-0.4, -0.2) is 19.2 Å². The number of hydrogen-bond donors (Lipinski definition) is 0. The van der Waals surface area contributed by atoms with E-state index in [-0.39, 0.29) is 12.4 Å². The van der Waals surface area contributed by atoms with Crippen molar-refractivity contribution >= 4 is 40.2 Å². The average molecular weight is 395 g/mol. The first kappa shape index (κ1) is 14.9. The van der Waals surface area contributed by atoms with Crippen molar-refractivity contribution in [2.24, 2.45) is 5.92 Å². The minimum absolute atomic E-state index is 0.226. The standard InChI is InChI=1S/C14H16ClIO3/c1-2-18-13(17)7-10-5-11(15)14(16)12(6-10)19-8-9-3-4-9/h5-6,9H,2-4,7-8H2,1H3. The summed E-state index contributed by atoms with van der Waals surface area (Å²) in [5, 5.41) is 0.619. The predicted molar refractivity (Wildman–Crippen MR) is 82.7 cm³/mol. The number of ether oxygens (including phenoxy) is 2. The van der Waals surface area contributed by atoms with E-state index in [4.69, 9.17) is 21.1 Å². The molecule has 0 aromatic heterocycles. The van der Waals surface area contributed by atoms with Crippen molar-refractivity contribution in [3.63, 3.8) is 0 Å². The van der Waals surface area contributed by atoms with Gasteiger partial charge in [0, 0.05) is 0 Å². The zero-order valence-electron chi connectivity index (χ0n) is 10.7. The second-order valence-corrected chi connectivity index (χ2v) is 6.11. The van der Waals surface area contributed by atoms with Gasteiger partial charge in [0.1, 0.15) is 5.75 Å². The van der Waals surface area contributed by atoms with Crippen LogP contribution in [0, 0.1) is 9.49 Å². The van der Waals surface area contributed by atoms with E-state index in [2.05, 4.69) is 22.6 Å². The Hall–Kier alpha value is -0.490. The summed E-state index contributed by atoms with van der Waals surface area (Å²) in [7, 11) is 0. The fourth-order valence-electron chi connectivity index (χ4n) is 1.70. The Kier molecular flexibility index (Phi) is 5.33. The molecule has 0 bridgehead atoms. The van der Waals surface area contributed by atoms with Crippen molar-refractivity contribution in [1.29, 1.82) is 0 Å². The second-order valence-electron chi connectivity index (χ2n) is 4.63. The zero-order valence-corrected chi connectivity index (χ0v) is 13.7. The molecule has 2 rings (SSSR count). The summed E-state index contributed by atoms with van der Waals surface area (Å²) in [5.41, 5.74) is 0.828. The molecule has 1 saturated carbocycles. The first-order valence-corrected chi connectivity index (χ1v) is 7.82. The molecule has 0 N–H and O–H groups in total. The maximum Gasteiger partial charge on any atom is 0.310 e. The number of esters is 1. The molecule has 0 heterocycles. The molecule has 0 atom stereocenters. The van der Waals surface area contributed by atoms with Crippen LogP contribution in [0.15, 0.2) is 12.1 Å². The lowest BCUT2D eigenvalue weighted by Crippen LogP contribution is -2.08. The summed E-state index contributed by atoms with van der Waals surface area (Å²) in [6.45, 7) is 2.92. The largest absolute Gasteiger partial charge is 0.492 e. The topological polar surface area (TPSA) is 35.5 Å². The van der Waals surface area contributed by atoms with Crippen molar-refractivity contribution in [3.8, 4) is 5.75 Å². The molecule has 1 fully saturated rings. The predicted octanol–water partition coefficient (Wildman–Crippen LogP) is 3.84. The molecule has 104 valence electrons. The number of benzene rings is 1. The van der Waals surface area contributed by atoms with Crippen LogP contribution >= 0.6 is 34.2 Å². The molecule has 5 heteroatoms. The number of carbonyl (C=O) groups is 1. The highest BCUT2D eigenvalue weighted by Gasteiger charge is 2.22. The Morgan fingerprint density at radius 2 is 2.21 bits per heavy atom. The smallest absolute Gasteiger partial charge is 0.310 e. The lowest BCUT2D eigenvalue weighted by Gasteiger charge is -2.11. The highest BCUT2D eigenvalue weighted by atomic mass is 127. The summed E-state index contributed by atoms with van der Waals surface area (Å²) in [5.74, 6) is 1.20. The molecule has 19 heavy (non-hydrogen) atoms. The molecule has 3 nitrogen and oxygen atoms in total. The zero-order chi connectivity index (χ0) is 13.8. The van der Waals surface area contributed by atoms with E-state index >= 15 is 0 Å². The van der Waals surface area contributed by atoms with Crippen molar-refractivity contribution < 1.29 is 14.3 Å². The maximum absolute atomic E-state index is 11.5. The number of hydrogen-bond acceptors (Lipinski definition) is 3. The molecular formula is C14H16ClIO3. The quantitative estimate of drug-likeness (QED) is 0.543. The molecule has 1 aromatic carbocycles. The van der Waals surface area contributed by atoms with Crippen LogP contribution in [0.1, 0.15) is 25.3 Å². The lowest BCUT2D eigenvalue weighted by atomic mass is 10.1. The normalized spacial score (nSPS) is 14.3. The minimum Gasteiger partial charge on any atom is -0.492 e. The summed E-state index contributed by atoms with van der Waals surface area (Å²) < 4.78 is 11.6. The van der Waals surface area contributed by atoms with E-state index in [1.165, 1.54) is 12.8 Å². The van der Waals surface area contributed by atoms with Gasteiger partial charge >= 0.3 is 5.97 Å². The highest BCUT2D eigenvalue weighted by Crippen LogP contribution is 2.34. The van der Waals surface area contributed by atoms with Crippen LogP contribution in [0.5, 0.6) is 5.75 Å². The number of halogens is 2.